The van der Waals surface area contributed by atoms with Crippen LogP contribution in [-0.2, 0) is 14.8 Å². The molecule has 1 aliphatic rings. The molecule has 4 N–H and O–H groups in total. The molecule has 1 amide bonds. The number of nitrogens with one attached hydrogen (secondary N) is 2. The monoisotopic (exact) mass is 461 g/mol. The van der Waals surface area contributed by atoms with E-state index in [-0.39, 0.29) is 36.1 Å². The van der Waals surface area contributed by atoms with Gasteiger partial charge in [-0.05, 0) is 43.5 Å². The van der Waals surface area contributed by atoms with Crippen molar-refractivity contribution < 1.29 is 17.6 Å². The van der Waals surface area contributed by atoms with Crippen molar-refractivity contribution in [3.05, 3.63) is 46.6 Å². The third-order valence-electron chi connectivity index (χ3n) is 5.61. The predicted octanol–water partition coefficient (Wildman–Crippen LogP) is 1.69. The lowest BCUT2D eigenvalue weighted by molar-refractivity contribution is -0.132. The molecule has 0 spiro atoms. The van der Waals surface area contributed by atoms with Gasteiger partial charge in [0.05, 0.1) is 16.7 Å². The number of H-pyrrole nitrogens is 1. The molecule has 1 aliphatic heterocycles. The Morgan fingerprint density at radius 1 is 1.31 bits per heavy atom. The van der Waals surface area contributed by atoms with Gasteiger partial charge in [-0.3, -0.25) is 9.59 Å². The first-order valence-corrected chi connectivity index (χ1v) is 12.1. The van der Waals surface area contributed by atoms with Crippen molar-refractivity contribution in [2.45, 2.75) is 31.7 Å². The lowest BCUT2D eigenvalue weighted by Crippen LogP contribution is -2.45. The fourth-order valence-corrected chi connectivity index (χ4v) is 4.69. The highest BCUT2D eigenvalue weighted by atomic mass is 32.2. The summed E-state index contributed by atoms with van der Waals surface area (Å²) in [6.07, 6.45) is 3.37. The molecule has 1 fully saturated rings. The number of amides is 1. The number of fused-ring (bicyclic) bond motifs is 3. The smallest absolute Gasteiger partial charge is 0.258 e. The summed E-state index contributed by atoms with van der Waals surface area (Å²) in [5.74, 6) is -0.276. The summed E-state index contributed by atoms with van der Waals surface area (Å²) in [5, 5.41) is 9.77. The van der Waals surface area contributed by atoms with E-state index in [0.717, 1.165) is 12.8 Å². The molecule has 2 aromatic heterocycles. The van der Waals surface area contributed by atoms with E-state index < -0.39 is 15.8 Å². The second-order valence-corrected chi connectivity index (χ2v) is 9.75. The first-order chi connectivity index (χ1) is 15.2. The second kappa shape index (κ2) is 8.83. The highest BCUT2D eigenvalue weighted by molar-refractivity contribution is 7.89. The number of piperidine rings is 1. The quantitative estimate of drug-likeness (QED) is 0.478. The molecule has 0 bridgehead atoms. The molecular formula is C21H24FN5O4S. The van der Waals surface area contributed by atoms with Gasteiger partial charge in [0, 0.05) is 42.5 Å². The predicted molar refractivity (Wildman–Crippen MR) is 120 cm³/mol. The third-order valence-corrected chi connectivity index (χ3v) is 6.47. The van der Waals surface area contributed by atoms with Crippen LogP contribution < -0.4 is 16.0 Å². The Morgan fingerprint density at radius 2 is 2.12 bits per heavy atom. The van der Waals surface area contributed by atoms with Crippen molar-refractivity contribution in [1.82, 2.24) is 14.9 Å². The SMILES string of the molecule is NS(=O)(=O)CCCC(=O)N1CCC[C@@H](Nc2nc3cc[nH]c(=O)c3c3cc(F)ccc23)C1. The van der Waals surface area contributed by atoms with Gasteiger partial charge in [0.15, 0.2) is 0 Å². The number of likely N-dealkylation sites (tertiary alicyclic amines) is 1. The van der Waals surface area contributed by atoms with Crippen LogP contribution in [0.2, 0.25) is 0 Å². The van der Waals surface area contributed by atoms with Crippen molar-refractivity contribution in [2.24, 2.45) is 5.14 Å². The van der Waals surface area contributed by atoms with Crippen molar-refractivity contribution in [3.63, 3.8) is 0 Å². The number of anilines is 1. The zero-order chi connectivity index (χ0) is 22.9. The van der Waals surface area contributed by atoms with Gasteiger partial charge in [-0.25, -0.2) is 22.9 Å². The summed E-state index contributed by atoms with van der Waals surface area (Å²) in [6, 6.07) is 5.80. The zero-order valence-corrected chi connectivity index (χ0v) is 18.1. The summed E-state index contributed by atoms with van der Waals surface area (Å²) >= 11 is 0. The maximum absolute atomic E-state index is 14.0. The molecule has 3 aromatic rings. The van der Waals surface area contributed by atoms with E-state index in [9.17, 15) is 22.4 Å². The number of hydrogen-bond acceptors (Lipinski definition) is 6. The zero-order valence-electron chi connectivity index (χ0n) is 17.3. The van der Waals surface area contributed by atoms with E-state index >= 15 is 0 Å². The molecule has 1 atom stereocenters. The van der Waals surface area contributed by atoms with Crippen LogP contribution in [0.3, 0.4) is 0 Å². The number of primary sulfonamides is 1. The van der Waals surface area contributed by atoms with Gasteiger partial charge in [0.2, 0.25) is 15.9 Å². The van der Waals surface area contributed by atoms with E-state index in [4.69, 9.17) is 5.14 Å². The molecule has 1 aromatic carbocycles. The number of rotatable bonds is 6. The number of halogens is 1. The minimum atomic E-state index is -3.59. The van der Waals surface area contributed by atoms with E-state index in [1.807, 2.05) is 0 Å². The Labute approximate surface area is 183 Å². The standard InChI is InChI=1S/C21H24FN5O4S/c22-13-5-6-15-16(11-13)19-17(7-8-24-21(19)29)26-20(15)25-14-3-1-9-27(12-14)18(28)4-2-10-32(23,30)31/h5-8,11,14H,1-4,9-10,12H2,(H,24,29)(H,25,26)(H2,23,30,31)/t14-/m1/s1. The molecule has 0 aliphatic carbocycles. The third kappa shape index (κ3) is 4.89. The van der Waals surface area contributed by atoms with Crippen LogP contribution in [0.4, 0.5) is 10.2 Å². The molecule has 9 nitrogen and oxygen atoms in total. The summed E-state index contributed by atoms with van der Waals surface area (Å²) in [6.45, 7) is 1.03. The lowest BCUT2D eigenvalue weighted by atomic mass is 10.0. The largest absolute Gasteiger partial charge is 0.365 e. The Kier molecular flexibility index (Phi) is 6.11. The van der Waals surface area contributed by atoms with E-state index in [1.165, 1.54) is 18.3 Å². The fourth-order valence-electron chi connectivity index (χ4n) is 4.14. The van der Waals surface area contributed by atoms with Crippen molar-refractivity contribution >= 4 is 43.4 Å². The van der Waals surface area contributed by atoms with Crippen LogP contribution in [0.25, 0.3) is 21.7 Å². The molecule has 3 heterocycles. The molecule has 0 radical (unpaired) electrons. The van der Waals surface area contributed by atoms with Crippen LogP contribution in [0.15, 0.2) is 35.3 Å². The maximum atomic E-state index is 14.0. The van der Waals surface area contributed by atoms with Gasteiger partial charge in [0.25, 0.3) is 5.56 Å². The van der Waals surface area contributed by atoms with E-state index in [0.29, 0.717) is 40.6 Å². The number of sulfonamides is 1. The van der Waals surface area contributed by atoms with Crippen LogP contribution >= 0.6 is 0 Å². The highest BCUT2D eigenvalue weighted by Crippen LogP contribution is 2.29. The number of benzene rings is 1. The first kappa shape index (κ1) is 22.2. The highest BCUT2D eigenvalue weighted by Gasteiger charge is 2.25. The Morgan fingerprint density at radius 3 is 2.91 bits per heavy atom. The average molecular weight is 462 g/mol. The topological polar surface area (TPSA) is 138 Å². The van der Waals surface area contributed by atoms with Crippen molar-refractivity contribution in [2.75, 3.05) is 24.2 Å². The number of nitrogens with two attached hydrogens (primary N) is 1. The Bertz CT molecular complexity index is 1340. The maximum Gasteiger partial charge on any atom is 0.258 e. The molecule has 11 heteroatoms. The molecule has 0 saturated carbocycles. The Hall–Kier alpha value is -3.05. The molecular weight excluding hydrogens is 437 g/mol. The van der Waals surface area contributed by atoms with E-state index in [1.54, 1.807) is 17.0 Å². The van der Waals surface area contributed by atoms with E-state index in [2.05, 4.69) is 15.3 Å². The van der Waals surface area contributed by atoms with Gasteiger partial charge in [-0.15, -0.1) is 0 Å². The van der Waals surface area contributed by atoms with Crippen LogP contribution in [0.1, 0.15) is 25.7 Å². The minimum Gasteiger partial charge on any atom is -0.365 e. The van der Waals surface area contributed by atoms with Gasteiger partial charge in [0.1, 0.15) is 11.6 Å². The fraction of sp³-hybridized carbons (Fsp3) is 0.381. The van der Waals surface area contributed by atoms with Crippen LogP contribution in [-0.4, -0.2) is 54.1 Å². The average Bonchev–Trinajstić information content (AvgIpc) is 2.73. The number of pyridine rings is 2. The first-order valence-electron chi connectivity index (χ1n) is 10.4. The molecule has 4 rings (SSSR count). The summed E-state index contributed by atoms with van der Waals surface area (Å²) < 4.78 is 36.1. The lowest BCUT2D eigenvalue weighted by Gasteiger charge is -2.33. The van der Waals surface area contributed by atoms with Crippen molar-refractivity contribution in [1.29, 1.82) is 0 Å². The van der Waals surface area contributed by atoms with Gasteiger partial charge in [-0.1, -0.05) is 0 Å². The molecule has 0 unspecified atom stereocenters. The number of carbonyl (C=O) groups excluding carboxylic acids is 1. The Balaban J connectivity index is 1.56. The molecule has 1 saturated heterocycles. The number of hydrogen-bond donors (Lipinski definition) is 3. The van der Waals surface area contributed by atoms with Crippen LogP contribution in [0.5, 0.6) is 0 Å². The van der Waals surface area contributed by atoms with Gasteiger partial charge in [-0.2, -0.15) is 0 Å². The summed E-state index contributed by atoms with van der Waals surface area (Å²) in [7, 11) is -3.59. The molecule has 32 heavy (non-hydrogen) atoms. The number of nitrogens with zero attached hydrogens (tertiary/aromatic N) is 2. The van der Waals surface area contributed by atoms with Gasteiger partial charge >= 0.3 is 0 Å². The van der Waals surface area contributed by atoms with Crippen molar-refractivity contribution in [3.8, 4) is 0 Å². The number of carbonyl (C=O) groups is 1. The number of aromatic amines is 1. The van der Waals surface area contributed by atoms with Crippen LogP contribution in [0, 0.1) is 5.82 Å². The normalized spacial score (nSPS) is 17.1. The van der Waals surface area contributed by atoms with Gasteiger partial charge < -0.3 is 15.2 Å². The molecule has 170 valence electrons. The number of aromatic nitrogens is 2. The summed E-state index contributed by atoms with van der Waals surface area (Å²) in [4.78, 5) is 33.8. The summed E-state index contributed by atoms with van der Waals surface area (Å²) in [5.41, 5.74) is 0.104. The minimum absolute atomic E-state index is 0.0915. The second-order valence-electron chi connectivity index (χ2n) is 8.01.